The second-order valence-electron chi connectivity index (χ2n) is 3.55. The van der Waals surface area contributed by atoms with Crippen LogP contribution in [0.2, 0.25) is 0 Å². The van der Waals surface area contributed by atoms with Gasteiger partial charge in [0.05, 0.1) is 0 Å². The van der Waals surface area contributed by atoms with Crippen LogP contribution in [0.5, 0.6) is 0 Å². The maximum Gasteiger partial charge on any atom is 0.297 e. The fourth-order valence-corrected chi connectivity index (χ4v) is 1.66. The summed E-state index contributed by atoms with van der Waals surface area (Å²) in [5.41, 5.74) is 5.77. The molecule has 0 aromatic carbocycles. The van der Waals surface area contributed by atoms with Gasteiger partial charge in [-0.25, -0.2) is 0 Å². The summed E-state index contributed by atoms with van der Waals surface area (Å²) in [6.07, 6.45) is 4.96. The lowest BCUT2D eigenvalue weighted by molar-refractivity contribution is 0.318. The molecule has 0 atom stereocenters. The molecule has 0 amide bonds. The van der Waals surface area contributed by atoms with Crippen LogP contribution in [-0.2, 0) is 0 Å². The van der Waals surface area contributed by atoms with Gasteiger partial charge in [-0.2, -0.15) is 4.98 Å². The Bertz CT molecular complexity index is 355. The Labute approximate surface area is 87.4 Å². The van der Waals surface area contributed by atoms with Gasteiger partial charge in [-0.1, -0.05) is 5.16 Å². The van der Waals surface area contributed by atoms with Gasteiger partial charge in [0.2, 0.25) is 0 Å². The Morgan fingerprint density at radius 2 is 2.20 bits per heavy atom. The molecular formula is C9H14N4O2. The predicted molar refractivity (Wildman–Crippen MR) is 55.1 cm³/mol. The molecule has 6 nitrogen and oxygen atoms in total. The molecule has 2 heterocycles. The lowest BCUT2D eigenvalue weighted by atomic mass is 10.1. The van der Waals surface area contributed by atoms with Crippen molar-refractivity contribution in [3.63, 3.8) is 0 Å². The van der Waals surface area contributed by atoms with E-state index < -0.39 is 0 Å². The van der Waals surface area contributed by atoms with Gasteiger partial charge in [-0.15, -0.1) is 0 Å². The van der Waals surface area contributed by atoms with Gasteiger partial charge in [0, 0.05) is 13.1 Å². The van der Waals surface area contributed by atoms with Crippen molar-refractivity contribution in [2.45, 2.75) is 19.3 Å². The highest BCUT2D eigenvalue weighted by atomic mass is 16.4. The van der Waals surface area contributed by atoms with Crippen LogP contribution in [0.1, 0.15) is 25.0 Å². The average molecular weight is 210 g/mol. The van der Waals surface area contributed by atoms with Gasteiger partial charge in [0.1, 0.15) is 12.0 Å². The summed E-state index contributed by atoms with van der Waals surface area (Å²) < 4.78 is 5.27. The third kappa shape index (κ3) is 2.03. The summed E-state index contributed by atoms with van der Waals surface area (Å²) >= 11 is 0. The second-order valence-corrected chi connectivity index (χ2v) is 3.55. The maximum absolute atomic E-state index is 8.48. The lowest BCUT2D eigenvalue weighted by Gasteiger charge is -2.24. The quantitative estimate of drug-likeness (QED) is 0.325. The van der Waals surface area contributed by atoms with Crippen LogP contribution in [0.15, 0.2) is 15.8 Å². The predicted octanol–water partition coefficient (Wildman–Crippen LogP) is 0.759. The highest BCUT2D eigenvalue weighted by Gasteiger charge is 2.16. The highest BCUT2D eigenvalue weighted by molar-refractivity contribution is 5.95. The topological polar surface area (TPSA) is 87.9 Å². The number of oxazole rings is 1. The van der Waals surface area contributed by atoms with Gasteiger partial charge in [0.25, 0.3) is 6.01 Å². The van der Waals surface area contributed by atoms with Gasteiger partial charge < -0.3 is 20.3 Å². The molecule has 0 radical (unpaired) electrons. The van der Waals surface area contributed by atoms with Crippen molar-refractivity contribution < 1.29 is 9.62 Å². The minimum atomic E-state index is -0.0259. The SMILES string of the molecule is N/C(=N/O)c1coc(N2CCCCC2)n1. The molecule has 1 aliphatic rings. The molecule has 1 saturated heterocycles. The smallest absolute Gasteiger partial charge is 0.297 e. The number of oxime groups is 1. The molecule has 0 saturated carbocycles. The molecule has 2 rings (SSSR count). The van der Waals surface area contributed by atoms with E-state index in [0.717, 1.165) is 25.9 Å². The van der Waals surface area contributed by atoms with E-state index in [1.807, 2.05) is 0 Å². The van der Waals surface area contributed by atoms with Crippen molar-refractivity contribution in [2.24, 2.45) is 10.9 Å². The minimum absolute atomic E-state index is 0.0259. The summed E-state index contributed by atoms with van der Waals surface area (Å²) in [4.78, 5) is 6.22. The van der Waals surface area contributed by atoms with Gasteiger partial charge in [-0.3, -0.25) is 0 Å². The van der Waals surface area contributed by atoms with Crippen molar-refractivity contribution in [1.82, 2.24) is 4.98 Å². The van der Waals surface area contributed by atoms with E-state index in [4.69, 9.17) is 15.4 Å². The fraction of sp³-hybridized carbons (Fsp3) is 0.556. The van der Waals surface area contributed by atoms with E-state index >= 15 is 0 Å². The van der Waals surface area contributed by atoms with E-state index in [-0.39, 0.29) is 5.84 Å². The monoisotopic (exact) mass is 210 g/mol. The van der Waals surface area contributed by atoms with Crippen LogP contribution in [0.25, 0.3) is 0 Å². The lowest BCUT2D eigenvalue weighted by Crippen LogP contribution is -2.29. The molecule has 1 fully saturated rings. The number of aromatic nitrogens is 1. The van der Waals surface area contributed by atoms with Gasteiger partial charge >= 0.3 is 0 Å². The standard InChI is InChI=1S/C9H14N4O2/c10-8(12-14)7-6-15-9(11-7)13-4-2-1-3-5-13/h6,14H,1-5H2,(H2,10,12). The summed E-state index contributed by atoms with van der Waals surface area (Å²) in [5, 5.41) is 11.3. The summed E-state index contributed by atoms with van der Waals surface area (Å²) in [5.74, 6) is -0.0259. The Balaban J connectivity index is 2.12. The first-order valence-electron chi connectivity index (χ1n) is 4.99. The van der Waals surface area contributed by atoms with E-state index in [9.17, 15) is 0 Å². The summed E-state index contributed by atoms with van der Waals surface area (Å²) in [6, 6.07) is 0.552. The number of hydrogen-bond acceptors (Lipinski definition) is 5. The largest absolute Gasteiger partial charge is 0.431 e. The summed E-state index contributed by atoms with van der Waals surface area (Å²) in [7, 11) is 0. The zero-order valence-corrected chi connectivity index (χ0v) is 8.39. The van der Waals surface area contributed by atoms with Crippen molar-refractivity contribution in [1.29, 1.82) is 0 Å². The molecule has 0 bridgehead atoms. The van der Waals surface area contributed by atoms with E-state index in [1.165, 1.54) is 12.7 Å². The number of piperidine rings is 1. The van der Waals surface area contributed by atoms with Gasteiger partial charge in [0.15, 0.2) is 5.84 Å². The number of rotatable bonds is 2. The maximum atomic E-state index is 8.48. The number of nitrogens with zero attached hydrogens (tertiary/aromatic N) is 3. The number of anilines is 1. The Morgan fingerprint density at radius 3 is 2.87 bits per heavy atom. The van der Waals surface area contributed by atoms with Crippen molar-refractivity contribution in [2.75, 3.05) is 18.0 Å². The first-order chi connectivity index (χ1) is 7.31. The Hall–Kier alpha value is -1.72. The molecule has 3 N–H and O–H groups in total. The molecule has 1 aromatic heterocycles. The molecule has 6 heteroatoms. The van der Waals surface area contributed by atoms with Crippen LogP contribution < -0.4 is 10.6 Å². The molecule has 0 spiro atoms. The first-order valence-corrected chi connectivity index (χ1v) is 4.99. The fourth-order valence-electron chi connectivity index (χ4n) is 1.66. The Kier molecular flexibility index (Phi) is 2.75. The summed E-state index contributed by atoms with van der Waals surface area (Å²) in [6.45, 7) is 1.91. The van der Waals surface area contributed by atoms with Crippen molar-refractivity contribution >= 4 is 11.9 Å². The van der Waals surface area contributed by atoms with Crippen LogP contribution >= 0.6 is 0 Å². The average Bonchev–Trinajstić information content (AvgIpc) is 2.78. The molecule has 82 valence electrons. The molecular weight excluding hydrogens is 196 g/mol. The molecule has 0 aliphatic carbocycles. The first kappa shape index (κ1) is 9.82. The zero-order chi connectivity index (χ0) is 10.7. The third-order valence-corrected chi connectivity index (χ3v) is 2.49. The molecule has 0 unspecified atom stereocenters. The molecule has 1 aromatic rings. The minimum Gasteiger partial charge on any atom is -0.431 e. The van der Waals surface area contributed by atoms with Crippen LogP contribution in [-0.4, -0.2) is 29.1 Å². The molecule has 1 aliphatic heterocycles. The van der Waals surface area contributed by atoms with Crippen molar-refractivity contribution in [3.05, 3.63) is 12.0 Å². The zero-order valence-electron chi connectivity index (χ0n) is 8.39. The highest BCUT2D eigenvalue weighted by Crippen LogP contribution is 2.18. The van der Waals surface area contributed by atoms with E-state index in [0.29, 0.717) is 11.7 Å². The van der Waals surface area contributed by atoms with Crippen LogP contribution in [0.3, 0.4) is 0 Å². The third-order valence-electron chi connectivity index (χ3n) is 2.49. The number of nitrogens with two attached hydrogens (primary N) is 1. The van der Waals surface area contributed by atoms with Crippen molar-refractivity contribution in [3.8, 4) is 0 Å². The Morgan fingerprint density at radius 1 is 1.47 bits per heavy atom. The normalized spacial score (nSPS) is 18.1. The molecule has 15 heavy (non-hydrogen) atoms. The number of amidine groups is 1. The van der Waals surface area contributed by atoms with E-state index in [2.05, 4.69) is 15.0 Å². The van der Waals surface area contributed by atoms with E-state index in [1.54, 1.807) is 0 Å². The van der Waals surface area contributed by atoms with Crippen LogP contribution in [0.4, 0.5) is 6.01 Å². The van der Waals surface area contributed by atoms with Crippen LogP contribution in [0, 0.1) is 0 Å². The van der Waals surface area contributed by atoms with Gasteiger partial charge in [-0.05, 0) is 19.3 Å². The number of hydrogen-bond donors (Lipinski definition) is 2. The second kappa shape index (κ2) is 4.20.